The maximum atomic E-state index is 11.6. The number of nitrogens with zero attached hydrogens (tertiary/aromatic N) is 1. The Labute approximate surface area is 87.3 Å². The standard InChI is InChI=1S/C11H11NO3/c1-7(2)11(15)9-5-8(12-6-13)3-4-10(9)14/h3-5,7,14H,1-2H3. The van der Waals surface area contributed by atoms with Crippen molar-refractivity contribution in [2.45, 2.75) is 13.8 Å². The molecule has 0 spiro atoms. The van der Waals surface area contributed by atoms with Crippen molar-refractivity contribution in [1.29, 1.82) is 0 Å². The number of benzene rings is 1. The summed E-state index contributed by atoms with van der Waals surface area (Å²) in [6, 6.07) is 4.16. The predicted octanol–water partition coefficient (Wildman–Crippen LogP) is 2.20. The fourth-order valence-corrected chi connectivity index (χ4v) is 1.15. The van der Waals surface area contributed by atoms with Gasteiger partial charge in [-0.1, -0.05) is 13.8 Å². The molecule has 0 aliphatic heterocycles. The third kappa shape index (κ3) is 2.51. The molecule has 0 amide bonds. The molecule has 0 atom stereocenters. The summed E-state index contributed by atoms with van der Waals surface area (Å²) in [4.78, 5) is 25.0. The number of rotatable bonds is 3. The molecule has 78 valence electrons. The first-order valence-electron chi connectivity index (χ1n) is 4.51. The molecular weight excluding hydrogens is 194 g/mol. The number of hydrogen-bond donors (Lipinski definition) is 1. The summed E-state index contributed by atoms with van der Waals surface area (Å²) < 4.78 is 0. The molecule has 4 heteroatoms. The average molecular weight is 205 g/mol. The van der Waals surface area contributed by atoms with Crippen LogP contribution in [0, 0.1) is 5.92 Å². The van der Waals surface area contributed by atoms with E-state index >= 15 is 0 Å². The summed E-state index contributed by atoms with van der Waals surface area (Å²) in [5.74, 6) is -0.500. The highest BCUT2D eigenvalue weighted by Crippen LogP contribution is 2.25. The molecule has 0 unspecified atom stereocenters. The van der Waals surface area contributed by atoms with Crippen molar-refractivity contribution in [1.82, 2.24) is 0 Å². The van der Waals surface area contributed by atoms with E-state index in [1.165, 1.54) is 24.3 Å². The summed E-state index contributed by atoms with van der Waals surface area (Å²) in [6.07, 6.45) is 1.38. The molecule has 1 aromatic carbocycles. The van der Waals surface area contributed by atoms with Crippen LogP contribution in [0.15, 0.2) is 23.2 Å². The van der Waals surface area contributed by atoms with E-state index in [0.29, 0.717) is 5.69 Å². The lowest BCUT2D eigenvalue weighted by Crippen LogP contribution is -2.07. The second-order valence-corrected chi connectivity index (χ2v) is 3.42. The lowest BCUT2D eigenvalue weighted by atomic mass is 10.00. The number of ketones is 1. The molecule has 0 aliphatic carbocycles. The van der Waals surface area contributed by atoms with Crippen molar-refractivity contribution < 1.29 is 14.7 Å². The second-order valence-electron chi connectivity index (χ2n) is 3.42. The number of aromatic hydroxyl groups is 1. The molecule has 1 aromatic rings. The average Bonchev–Trinajstić information content (AvgIpc) is 2.20. The first kappa shape index (κ1) is 11.1. The Balaban J connectivity index is 3.21. The maximum Gasteiger partial charge on any atom is 0.240 e. The van der Waals surface area contributed by atoms with E-state index in [1.807, 2.05) is 0 Å². The van der Waals surface area contributed by atoms with E-state index in [4.69, 9.17) is 0 Å². The number of carbonyl (C=O) groups excluding carboxylic acids is 2. The number of Topliss-reactive ketones (excluding diaryl/α,β-unsaturated/α-hetero) is 1. The molecular formula is C11H11NO3. The van der Waals surface area contributed by atoms with E-state index in [0.717, 1.165) is 0 Å². The smallest absolute Gasteiger partial charge is 0.240 e. The Bertz CT molecular complexity index is 431. The third-order valence-electron chi connectivity index (χ3n) is 1.94. The van der Waals surface area contributed by atoms with Gasteiger partial charge in [0.05, 0.1) is 11.3 Å². The SMILES string of the molecule is CC(C)C(=O)c1cc(N=C=O)ccc1O. The normalized spacial score (nSPS) is 9.80. The summed E-state index contributed by atoms with van der Waals surface area (Å²) in [5, 5.41) is 9.46. The van der Waals surface area contributed by atoms with Crippen LogP contribution in [-0.2, 0) is 4.79 Å². The highest BCUT2D eigenvalue weighted by molar-refractivity contribution is 6.00. The molecule has 0 fully saturated rings. The number of carbonyl (C=O) groups is 1. The molecule has 0 saturated heterocycles. The van der Waals surface area contributed by atoms with Gasteiger partial charge in [0.1, 0.15) is 5.75 Å². The van der Waals surface area contributed by atoms with Gasteiger partial charge in [0.25, 0.3) is 0 Å². The van der Waals surface area contributed by atoms with Crippen molar-refractivity contribution in [2.75, 3.05) is 0 Å². The fourth-order valence-electron chi connectivity index (χ4n) is 1.15. The van der Waals surface area contributed by atoms with Crippen molar-refractivity contribution in [3.8, 4) is 5.75 Å². The van der Waals surface area contributed by atoms with Gasteiger partial charge in [-0.05, 0) is 18.2 Å². The van der Waals surface area contributed by atoms with Gasteiger partial charge in [-0.3, -0.25) is 4.79 Å². The number of phenolic OH excluding ortho intramolecular Hbond substituents is 1. The van der Waals surface area contributed by atoms with E-state index in [9.17, 15) is 14.7 Å². The molecule has 1 N–H and O–H groups in total. The van der Waals surface area contributed by atoms with Crippen LogP contribution in [0.2, 0.25) is 0 Å². The van der Waals surface area contributed by atoms with Gasteiger partial charge in [-0.2, -0.15) is 4.99 Å². The monoisotopic (exact) mass is 205 g/mol. The van der Waals surface area contributed by atoms with Crippen LogP contribution in [-0.4, -0.2) is 17.0 Å². The maximum absolute atomic E-state index is 11.6. The Hall–Kier alpha value is -1.93. The van der Waals surface area contributed by atoms with Gasteiger partial charge >= 0.3 is 0 Å². The van der Waals surface area contributed by atoms with Crippen molar-refractivity contribution in [3.05, 3.63) is 23.8 Å². The summed E-state index contributed by atoms with van der Waals surface area (Å²) in [5.41, 5.74) is 0.494. The second kappa shape index (κ2) is 4.53. The lowest BCUT2D eigenvalue weighted by Gasteiger charge is -2.06. The minimum absolute atomic E-state index is 0.0986. The van der Waals surface area contributed by atoms with Crippen molar-refractivity contribution >= 4 is 17.6 Å². The van der Waals surface area contributed by atoms with Crippen LogP contribution >= 0.6 is 0 Å². The van der Waals surface area contributed by atoms with Gasteiger partial charge in [0, 0.05) is 5.92 Å². The van der Waals surface area contributed by atoms with Gasteiger partial charge < -0.3 is 5.11 Å². The van der Waals surface area contributed by atoms with Crippen LogP contribution in [0.25, 0.3) is 0 Å². The first-order chi connectivity index (χ1) is 7.06. The number of hydrogen-bond acceptors (Lipinski definition) is 4. The third-order valence-corrected chi connectivity index (χ3v) is 1.94. The van der Waals surface area contributed by atoms with Gasteiger partial charge in [0.15, 0.2) is 5.78 Å². The van der Waals surface area contributed by atoms with Crippen LogP contribution in [0.4, 0.5) is 5.69 Å². The molecule has 15 heavy (non-hydrogen) atoms. The summed E-state index contributed by atoms with van der Waals surface area (Å²) >= 11 is 0. The highest BCUT2D eigenvalue weighted by Gasteiger charge is 2.15. The summed E-state index contributed by atoms with van der Waals surface area (Å²) in [6.45, 7) is 3.47. The molecule has 0 aromatic heterocycles. The predicted molar refractivity (Wildman–Crippen MR) is 55.1 cm³/mol. The van der Waals surface area contributed by atoms with Crippen molar-refractivity contribution in [3.63, 3.8) is 0 Å². The molecule has 0 aliphatic rings. The zero-order valence-electron chi connectivity index (χ0n) is 8.52. The van der Waals surface area contributed by atoms with Crippen molar-refractivity contribution in [2.24, 2.45) is 10.9 Å². The minimum atomic E-state index is -0.216. The minimum Gasteiger partial charge on any atom is -0.507 e. The molecule has 0 radical (unpaired) electrons. The first-order valence-corrected chi connectivity index (χ1v) is 4.51. The highest BCUT2D eigenvalue weighted by atomic mass is 16.3. The van der Waals surface area contributed by atoms with E-state index in [1.54, 1.807) is 13.8 Å². The van der Waals surface area contributed by atoms with Crippen LogP contribution in [0.5, 0.6) is 5.75 Å². The fraction of sp³-hybridized carbons (Fsp3) is 0.273. The number of aliphatic imine (C=N–C) groups is 1. The topological polar surface area (TPSA) is 66.7 Å². The van der Waals surface area contributed by atoms with Gasteiger partial charge in [-0.25, -0.2) is 4.79 Å². The number of phenols is 1. The van der Waals surface area contributed by atoms with E-state index < -0.39 is 0 Å². The Morgan fingerprint density at radius 2 is 2.13 bits per heavy atom. The van der Waals surface area contributed by atoms with E-state index in [-0.39, 0.29) is 23.0 Å². The Morgan fingerprint density at radius 1 is 1.47 bits per heavy atom. The quantitative estimate of drug-likeness (QED) is 0.467. The zero-order chi connectivity index (χ0) is 11.4. The Kier molecular flexibility index (Phi) is 3.37. The molecule has 1 rings (SSSR count). The van der Waals surface area contributed by atoms with Crippen LogP contribution < -0.4 is 0 Å². The van der Waals surface area contributed by atoms with Crippen LogP contribution in [0.3, 0.4) is 0 Å². The number of isocyanates is 1. The zero-order valence-corrected chi connectivity index (χ0v) is 8.52. The molecule has 4 nitrogen and oxygen atoms in total. The van der Waals surface area contributed by atoms with E-state index in [2.05, 4.69) is 4.99 Å². The molecule has 0 saturated carbocycles. The summed E-state index contributed by atoms with van der Waals surface area (Å²) in [7, 11) is 0. The van der Waals surface area contributed by atoms with Crippen LogP contribution in [0.1, 0.15) is 24.2 Å². The Morgan fingerprint density at radius 3 is 2.67 bits per heavy atom. The van der Waals surface area contributed by atoms with Gasteiger partial charge in [-0.15, -0.1) is 0 Å². The molecule has 0 heterocycles. The lowest BCUT2D eigenvalue weighted by molar-refractivity contribution is 0.0936. The van der Waals surface area contributed by atoms with Gasteiger partial charge in [0.2, 0.25) is 6.08 Å². The largest absolute Gasteiger partial charge is 0.507 e. The molecule has 0 bridgehead atoms.